The van der Waals surface area contributed by atoms with E-state index in [1.165, 1.54) is 16.3 Å². The molecule has 0 aliphatic carbocycles. The largest absolute Gasteiger partial charge is 0.489 e. The average molecular weight is 326 g/mol. The van der Waals surface area contributed by atoms with Crippen LogP contribution < -0.4 is 10.2 Å². The summed E-state index contributed by atoms with van der Waals surface area (Å²) in [4.78, 5) is 14.1. The number of benzene rings is 2. The number of hydroxylamine groups is 1. The first-order valence-corrected chi connectivity index (χ1v) is 7.57. The number of aromatic amines is 1. The van der Waals surface area contributed by atoms with Gasteiger partial charge in [-0.1, -0.05) is 24.3 Å². The molecular weight excluding hydrogens is 308 g/mol. The zero-order chi connectivity index (χ0) is 16.8. The fraction of sp³-hybridized carbons (Fsp3) is 0.167. The zero-order valence-corrected chi connectivity index (χ0v) is 13.0. The first-order valence-electron chi connectivity index (χ1n) is 7.57. The minimum atomic E-state index is -0.578. The Kier molecular flexibility index (Phi) is 5.10. The van der Waals surface area contributed by atoms with E-state index in [9.17, 15) is 4.79 Å². The molecule has 1 amide bonds. The number of para-hydroxylation sites is 1. The first-order chi connectivity index (χ1) is 11.8. The average Bonchev–Trinajstić information content (AvgIpc) is 2.98. The Hall–Kier alpha value is -2.83. The summed E-state index contributed by atoms with van der Waals surface area (Å²) in [6.45, 7) is 0.498. The summed E-state index contributed by atoms with van der Waals surface area (Å²) in [6, 6.07) is 14.1. The maximum atomic E-state index is 10.7. The third kappa shape index (κ3) is 3.73. The van der Waals surface area contributed by atoms with Gasteiger partial charge < -0.3 is 14.5 Å². The monoisotopic (exact) mass is 326 g/mol. The molecule has 1 aromatic heterocycles. The van der Waals surface area contributed by atoms with Crippen molar-refractivity contribution in [1.82, 2.24) is 10.5 Å². The molecule has 24 heavy (non-hydrogen) atoms. The van der Waals surface area contributed by atoms with Crippen LogP contribution in [-0.4, -0.2) is 35.9 Å². The molecule has 0 atom stereocenters. The summed E-state index contributed by atoms with van der Waals surface area (Å²) in [6.07, 6.45) is 3.57. The number of amides is 1. The normalized spacial score (nSPS) is 11.4. The van der Waals surface area contributed by atoms with E-state index in [0.29, 0.717) is 6.61 Å². The van der Waals surface area contributed by atoms with Gasteiger partial charge in [-0.15, -0.1) is 0 Å². The van der Waals surface area contributed by atoms with Crippen molar-refractivity contribution in [2.24, 2.45) is 0 Å². The quantitative estimate of drug-likeness (QED) is 0.270. The Bertz CT molecular complexity index is 870. The Morgan fingerprint density at radius 2 is 1.88 bits per heavy atom. The van der Waals surface area contributed by atoms with Gasteiger partial charge in [0.2, 0.25) is 0 Å². The fourth-order valence-corrected chi connectivity index (χ4v) is 2.46. The highest BCUT2D eigenvalue weighted by atomic mass is 16.5. The highest BCUT2D eigenvalue weighted by Gasteiger charge is 2.04. The third-order valence-electron chi connectivity index (χ3n) is 3.56. The molecule has 2 aromatic carbocycles. The summed E-state index contributed by atoms with van der Waals surface area (Å²) >= 11 is 0. The van der Waals surface area contributed by atoms with Crippen molar-refractivity contribution in [1.29, 1.82) is 0 Å². The molecule has 0 spiro atoms. The molecule has 0 fully saturated rings. The molecule has 0 radical (unpaired) electrons. The second-order valence-corrected chi connectivity index (χ2v) is 5.21. The molecule has 3 aromatic rings. The van der Waals surface area contributed by atoms with Crippen molar-refractivity contribution in [3.05, 3.63) is 54.6 Å². The van der Waals surface area contributed by atoms with Crippen molar-refractivity contribution < 1.29 is 19.5 Å². The smallest absolute Gasteiger partial charge is 0.269 e. The molecule has 1 heterocycles. The highest BCUT2D eigenvalue weighted by molar-refractivity contribution is 6.07. The summed E-state index contributed by atoms with van der Waals surface area (Å²) in [5, 5.41) is 10.7. The fourth-order valence-electron chi connectivity index (χ4n) is 2.46. The van der Waals surface area contributed by atoms with E-state index in [1.807, 2.05) is 36.4 Å². The van der Waals surface area contributed by atoms with Crippen LogP contribution in [-0.2, 0) is 9.53 Å². The van der Waals surface area contributed by atoms with Crippen LogP contribution in [0.3, 0.4) is 0 Å². The van der Waals surface area contributed by atoms with Crippen molar-refractivity contribution in [2.75, 3.05) is 19.8 Å². The number of fused-ring (bicyclic) bond motifs is 3. The summed E-state index contributed by atoms with van der Waals surface area (Å²) in [7, 11) is 0. The molecule has 0 unspecified atom stereocenters. The van der Waals surface area contributed by atoms with Crippen LogP contribution in [0.2, 0.25) is 0 Å². The molecule has 3 rings (SSSR count). The Morgan fingerprint density at radius 1 is 1.08 bits per heavy atom. The first kappa shape index (κ1) is 16.0. The number of aromatic nitrogens is 1. The molecule has 6 heteroatoms. The summed E-state index contributed by atoms with van der Waals surface area (Å²) in [5.41, 5.74) is 3.64. The minimum Gasteiger partial charge on any atom is -0.489 e. The van der Waals surface area contributed by atoms with Crippen LogP contribution in [0.15, 0.2) is 54.6 Å². The number of carbonyl (C=O) groups excluding carboxylic acids is 1. The van der Waals surface area contributed by atoms with Crippen molar-refractivity contribution >= 4 is 27.7 Å². The Morgan fingerprint density at radius 3 is 2.75 bits per heavy atom. The minimum absolute atomic E-state index is 0.182. The van der Waals surface area contributed by atoms with E-state index in [0.717, 1.165) is 16.8 Å². The number of carbonyl (C=O) groups is 1. The molecule has 124 valence electrons. The second kappa shape index (κ2) is 7.63. The van der Waals surface area contributed by atoms with Gasteiger partial charge in [-0.3, -0.25) is 10.0 Å². The Labute approximate surface area is 138 Å². The lowest BCUT2D eigenvalue weighted by Gasteiger charge is -2.03. The van der Waals surface area contributed by atoms with Crippen molar-refractivity contribution in [2.45, 2.75) is 0 Å². The molecule has 6 nitrogen and oxygen atoms in total. The number of hydrogen-bond donors (Lipinski definition) is 3. The van der Waals surface area contributed by atoms with Gasteiger partial charge in [0.05, 0.1) is 12.1 Å². The van der Waals surface area contributed by atoms with E-state index < -0.39 is 5.91 Å². The van der Waals surface area contributed by atoms with E-state index in [4.69, 9.17) is 14.7 Å². The molecule has 0 aliphatic heterocycles. The standard InChI is InChI=1S/C18H18N2O4/c21-18(20-22)12-23-9-3-4-10-24-13-7-8-15-14-5-1-2-6-16(14)19-17(15)11-13/h1-8,11,19,22H,9-10,12H2,(H,20,21)/b4-3+. The number of hydrogen-bond acceptors (Lipinski definition) is 4. The lowest BCUT2D eigenvalue weighted by Crippen LogP contribution is -2.23. The number of ether oxygens (including phenoxy) is 2. The lowest BCUT2D eigenvalue weighted by atomic mass is 10.1. The molecule has 0 saturated carbocycles. The predicted molar refractivity (Wildman–Crippen MR) is 91.2 cm³/mol. The van der Waals surface area contributed by atoms with E-state index in [1.54, 1.807) is 6.08 Å². The second-order valence-electron chi connectivity index (χ2n) is 5.21. The van der Waals surface area contributed by atoms with Gasteiger partial charge in [-0.2, -0.15) is 0 Å². The van der Waals surface area contributed by atoms with E-state index in [-0.39, 0.29) is 13.2 Å². The van der Waals surface area contributed by atoms with Gasteiger partial charge in [0.1, 0.15) is 19.0 Å². The zero-order valence-electron chi connectivity index (χ0n) is 13.0. The van der Waals surface area contributed by atoms with Crippen LogP contribution in [0.1, 0.15) is 0 Å². The Balaban J connectivity index is 1.54. The molecule has 0 saturated heterocycles. The van der Waals surface area contributed by atoms with Gasteiger partial charge >= 0.3 is 0 Å². The molecular formula is C18H18N2O4. The maximum absolute atomic E-state index is 10.7. The van der Waals surface area contributed by atoms with Gasteiger partial charge in [-0.25, -0.2) is 5.48 Å². The van der Waals surface area contributed by atoms with Gasteiger partial charge in [0.25, 0.3) is 5.91 Å². The van der Waals surface area contributed by atoms with E-state index >= 15 is 0 Å². The molecule has 3 N–H and O–H groups in total. The SMILES string of the molecule is O=C(COC/C=C/COc1ccc2c(c1)[nH]c1ccccc12)NO. The molecule has 0 aliphatic rings. The summed E-state index contributed by atoms with van der Waals surface area (Å²) in [5.74, 6) is 0.200. The number of nitrogens with one attached hydrogen (secondary N) is 2. The van der Waals surface area contributed by atoms with Crippen LogP contribution in [0.25, 0.3) is 21.8 Å². The van der Waals surface area contributed by atoms with Crippen molar-refractivity contribution in [3.8, 4) is 5.75 Å². The van der Waals surface area contributed by atoms with Crippen LogP contribution in [0, 0.1) is 0 Å². The van der Waals surface area contributed by atoms with Crippen LogP contribution in [0.4, 0.5) is 0 Å². The van der Waals surface area contributed by atoms with Gasteiger partial charge in [0.15, 0.2) is 0 Å². The van der Waals surface area contributed by atoms with Crippen LogP contribution in [0.5, 0.6) is 5.75 Å². The maximum Gasteiger partial charge on any atom is 0.269 e. The van der Waals surface area contributed by atoms with Crippen molar-refractivity contribution in [3.63, 3.8) is 0 Å². The van der Waals surface area contributed by atoms with Crippen LogP contribution >= 0.6 is 0 Å². The lowest BCUT2D eigenvalue weighted by molar-refractivity contribution is -0.133. The third-order valence-corrected chi connectivity index (χ3v) is 3.56. The number of H-pyrrole nitrogens is 1. The van der Waals surface area contributed by atoms with E-state index in [2.05, 4.69) is 17.1 Å². The predicted octanol–water partition coefficient (Wildman–Crippen LogP) is 2.78. The van der Waals surface area contributed by atoms with Gasteiger partial charge in [0, 0.05) is 22.4 Å². The topological polar surface area (TPSA) is 83.6 Å². The highest BCUT2D eigenvalue weighted by Crippen LogP contribution is 2.28. The summed E-state index contributed by atoms with van der Waals surface area (Å²) < 4.78 is 10.7. The number of rotatable bonds is 7. The van der Waals surface area contributed by atoms with Gasteiger partial charge in [-0.05, 0) is 24.3 Å². The molecule has 0 bridgehead atoms.